The van der Waals surface area contributed by atoms with Gasteiger partial charge >= 0.3 is 0 Å². The molecule has 1 aliphatic rings. The zero-order valence-corrected chi connectivity index (χ0v) is 20.2. The predicted molar refractivity (Wildman–Crippen MR) is 131 cm³/mol. The van der Waals surface area contributed by atoms with E-state index in [2.05, 4.69) is 10.3 Å². The van der Waals surface area contributed by atoms with E-state index in [0.29, 0.717) is 60.8 Å². The Labute approximate surface area is 203 Å². The van der Waals surface area contributed by atoms with Gasteiger partial charge in [-0.25, -0.2) is 18.4 Å². The van der Waals surface area contributed by atoms with Crippen LogP contribution in [-0.2, 0) is 14.8 Å². The fourth-order valence-corrected chi connectivity index (χ4v) is 5.34. The van der Waals surface area contributed by atoms with E-state index in [-0.39, 0.29) is 4.90 Å². The smallest absolute Gasteiger partial charge is 0.243 e. The number of aromatic nitrogens is 3. The number of hydrogen-bond acceptors (Lipinski definition) is 8. The first kappa shape index (κ1) is 23.1. The number of methoxy groups -OCH3 is 2. The molecular formula is C24H25N5O5S. The molecule has 1 saturated heterocycles. The first-order chi connectivity index (χ1) is 17.0. The molecule has 1 N–H and O–H groups in total. The Morgan fingerprint density at radius 2 is 1.71 bits per heavy atom. The number of morpholine rings is 1. The Balaban J connectivity index is 1.45. The number of imidazole rings is 1. The number of rotatable bonds is 7. The Morgan fingerprint density at radius 3 is 2.43 bits per heavy atom. The molecule has 35 heavy (non-hydrogen) atoms. The molecule has 1 fully saturated rings. The lowest BCUT2D eigenvalue weighted by molar-refractivity contribution is 0.0730. The van der Waals surface area contributed by atoms with Crippen molar-refractivity contribution in [3.05, 3.63) is 60.9 Å². The molecule has 0 atom stereocenters. The first-order valence-corrected chi connectivity index (χ1v) is 12.4. The van der Waals surface area contributed by atoms with Crippen molar-refractivity contribution in [2.45, 2.75) is 4.90 Å². The van der Waals surface area contributed by atoms with Gasteiger partial charge in [0.05, 0.1) is 38.0 Å². The number of benzene rings is 2. The van der Waals surface area contributed by atoms with Crippen molar-refractivity contribution in [1.29, 1.82) is 0 Å². The first-order valence-electron chi connectivity index (χ1n) is 11.0. The zero-order chi connectivity index (χ0) is 24.4. The van der Waals surface area contributed by atoms with Crippen LogP contribution in [0.3, 0.4) is 0 Å². The second-order valence-electron chi connectivity index (χ2n) is 7.86. The average molecular weight is 496 g/mol. The number of fused-ring (bicyclic) bond motifs is 1. The van der Waals surface area contributed by atoms with Gasteiger partial charge in [0.1, 0.15) is 5.65 Å². The summed E-state index contributed by atoms with van der Waals surface area (Å²) in [5.74, 6) is 1.76. The molecule has 1 aliphatic heterocycles. The van der Waals surface area contributed by atoms with Crippen LogP contribution in [0.4, 0.5) is 11.6 Å². The Kier molecular flexibility index (Phi) is 6.29. The van der Waals surface area contributed by atoms with Gasteiger partial charge in [-0.05, 0) is 42.5 Å². The molecule has 2 aromatic carbocycles. The predicted octanol–water partition coefficient (Wildman–Crippen LogP) is 3.18. The molecule has 0 unspecified atom stereocenters. The van der Waals surface area contributed by atoms with Crippen LogP contribution in [0.5, 0.6) is 11.5 Å². The summed E-state index contributed by atoms with van der Waals surface area (Å²) < 4.78 is 45.1. The lowest BCUT2D eigenvalue weighted by atomic mass is 10.1. The van der Waals surface area contributed by atoms with E-state index in [1.54, 1.807) is 50.9 Å². The summed E-state index contributed by atoms with van der Waals surface area (Å²) in [6.07, 6.45) is 3.50. The van der Waals surface area contributed by atoms with Gasteiger partial charge in [0.15, 0.2) is 11.5 Å². The van der Waals surface area contributed by atoms with Gasteiger partial charge in [-0.3, -0.25) is 4.40 Å². The SMILES string of the molecule is COc1ccc(-c2cc3nccn3c(Nc3ccc(S(=O)(=O)N4CCOCC4)cc3)n2)cc1OC. The highest BCUT2D eigenvalue weighted by atomic mass is 32.2. The van der Waals surface area contributed by atoms with E-state index in [1.807, 2.05) is 28.7 Å². The third kappa shape index (κ3) is 4.53. The number of sulfonamides is 1. The highest BCUT2D eigenvalue weighted by molar-refractivity contribution is 7.89. The summed E-state index contributed by atoms with van der Waals surface area (Å²) in [6.45, 7) is 1.52. The van der Waals surface area contributed by atoms with E-state index in [1.165, 1.54) is 4.31 Å². The monoisotopic (exact) mass is 495 g/mol. The third-order valence-electron chi connectivity index (χ3n) is 5.79. The summed E-state index contributed by atoms with van der Waals surface area (Å²) in [7, 11) is -0.385. The van der Waals surface area contributed by atoms with Gasteiger partial charge in [0.25, 0.3) is 0 Å². The largest absolute Gasteiger partial charge is 0.493 e. The second kappa shape index (κ2) is 9.53. The van der Waals surface area contributed by atoms with Crippen LogP contribution >= 0.6 is 0 Å². The highest BCUT2D eigenvalue weighted by Gasteiger charge is 2.26. The molecule has 0 spiro atoms. The minimum atomic E-state index is -3.56. The number of nitrogens with zero attached hydrogens (tertiary/aromatic N) is 4. The van der Waals surface area contributed by atoms with Gasteiger partial charge in [0, 0.05) is 42.8 Å². The van der Waals surface area contributed by atoms with Crippen LogP contribution in [0.2, 0.25) is 0 Å². The van der Waals surface area contributed by atoms with Crippen molar-refractivity contribution < 1.29 is 22.6 Å². The minimum absolute atomic E-state index is 0.241. The lowest BCUT2D eigenvalue weighted by Crippen LogP contribution is -2.40. The quantitative estimate of drug-likeness (QED) is 0.417. The standard InChI is InChI=1S/C24H25N5O5S/c1-32-21-8-3-17(15-22(21)33-2)20-16-23-25-9-10-29(23)24(27-20)26-18-4-6-19(7-5-18)35(30,31)28-11-13-34-14-12-28/h3-10,15-16H,11-14H2,1-2H3,(H,26,27). The van der Waals surface area contributed by atoms with Crippen molar-refractivity contribution >= 4 is 27.3 Å². The second-order valence-corrected chi connectivity index (χ2v) is 9.79. The van der Waals surface area contributed by atoms with Crippen LogP contribution in [0.1, 0.15) is 0 Å². The summed E-state index contributed by atoms with van der Waals surface area (Å²) >= 11 is 0. The van der Waals surface area contributed by atoms with Crippen LogP contribution < -0.4 is 14.8 Å². The average Bonchev–Trinajstić information content (AvgIpc) is 3.38. The van der Waals surface area contributed by atoms with Crippen LogP contribution in [0.15, 0.2) is 65.8 Å². The fraction of sp³-hybridized carbons (Fsp3) is 0.250. The van der Waals surface area contributed by atoms with Gasteiger partial charge in [0.2, 0.25) is 16.0 Å². The fourth-order valence-electron chi connectivity index (χ4n) is 3.93. The lowest BCUT2D eigenvalue weighted by Gasteiger charge is -2.26. The molecule has 182 valence electrons. The minimum Gasteiger partial charge on any atom is -0.493 e. The maximum Gasteiger partial charge on any atom is 0.243 e. The molecular weight excluding hydrogens is 470 g/mol. The topological polar surface area (TPSA) is 107 Å². The Bertz CT molecular complexity index is 1450. The van der Waals surface area contributed by atoms with Crippen molar-refractivity contribution in [3.63, 3.8) is 0 Å². The summed E-state index contributed by atoms with van der Waals surface area (Å²) in [5.41, 5.74) is 2.93. The van der Waals surface area contributed by atoms with Crippen LogP contribution in [0, 0.1) is 0 Å². The number of hydrogen-bond donors (Lipinski definition) is 1. The van der Waals surface area contributed by atoms with Crippen molar-refractivity contribution in [1.82, 2.24) is 18.7 Å². The van der Waals surface area contributed by atoms with E-state index in [4.69, 9.17) is 19.2 Å². The molecule has 5 rings (SSSR count). The van der Waals surface area contributed by atoms with E-state index >= 15 is 0 Å². The molecule has 10 nitrogen and oxygen atoms in total. The summed E-state index contributed by atoms with van der Waals surface area (Å²) in [6, 6.07) is 14.1. The van der Waals surface area contributed by atoms with Gasteiger partial charge in [-0.2, -0.15) is 4.31 Å². The molecule has 11 heteroatoms. The summed E-state index contributed by atoms with van der Waals surface area (Å²) in [4.78, 5) is 9.44. The number of ether oxygens (including phenoxy) is 3. The van der Waals surface area contributed by atoms with E-state index in [9.17, 15) is 8.42 Å². The number of nitrogens with one attached hydrogen (secondary N) is 1. The molecule has 2 aromatic heterocycles. The van der Waals surface area contributed by atoms with Crippen LogP contribution in [-0.4, -0.2) is 67.6 Å². The molecule has 0 saturated carbocycles. The maximum absolute atomic E-state index is 12.9. The molecule has 4 aromatic rings. The van der Waals surface area contributed by atoms with E-state index < -0.39 is 10.0 Å². The molecule has 0 radical (unpaired) electrons. The zero-order valence-electron chi connectivity index (χ0n) is 19.3. The third-order valence-corrected chi connectivity index (χ3v) is 7.70. The summed E-state index contributed by atoms with van der Waals surface area (Å²) in [5, 5.41) is 3.28. The Morgan fingerprint density at radius 1 is 0.971 bits per heavy atom. The molecule has 3 heterocycles. The molecule has 0 bridgehead atoms. The van der Waals surface area contributed by atoms with Crippen molar-refractivity contribution in [2.24, 2.45) is 0 Å². The highest BCUT2D eigenvalue weighted by Crippen LogP contribution is 2.33. The number of anilines is 2. The van der Waals surface area contributed by atoms with Gasteiger partial charge in [-0.1, -0.05) is 0 Å². The van der Waals surface area contributed by atoms with Gasteiger partial charge in [-0.15, -0.1) is 0 Å². The van der Waals surface area contributed by atoms with Gasteiger partial charge < -0.3 is 19.5 Å². The van der Waals surface area contributed by atoms with Crippen molar-refractivity contribution in [3.8, 4) is 22.8 Å². The molecule has 0 aliphatic carbocycles. The van der Waals surface area contributed by atoms with Crippen LogP contribution in [0.25, 0.3) is 16.9 Å². The Hall–Kier alpha value is -3.67. The van der Waals surface area contributed by atoms with E-state index in [0.717, 1.165) is 5.56 Å². The normalized spacial score (nSPS) is 14.7. The molecule has 0 amide bonds. The maximum atomic E-state index is 12.9. The van der Waals surface area contributed by atoms with Crippen molar-refractivity contribution in [2.75, 3.05) is 45.8 Å².